The van der Waals surface area contributed by atoms with E-state index >= 15 is 0 Å². The lowest BCUT2D eigenvalue weighted by Gasteiger charge is -2.40. The van der Waals surface area contributed by atoms with Gasteiger partial charge in [-0.25, -0.2) is 4.89 Å². The van der Waals surface area contributed by atoms with Crippen LogP contribution in [0.25, 0.3) is 0 Å². The lowest BCUT2D eigenvalue weighted by atomic mass is 10.1. The van der Waals surface area contributed by atoms with Crippen LogP contribution < -0.4 is 0 Å². The molecule has 0 atom stereocenters. The Kier molecular flexibility index (Phi) is 17.4. The molecule has 0 spiro atoms. The van der Waals surface area contributed by atoms with Crippen molar-refractivity contribution in [3.05, 3.63) is 0 Å². The summed E-state index contributed by atoms with van der Waals surface area (Å²) in [4.78, 5) is 3.86. The molecule has 7 nitrogen and oxygen atoms in total. The second-order valence-electron chi connectivity index (χ2n) is 7.53. The zero-order chi connectivity index (χ0) is 21.1. The number of rotatable bonds is 15. The number of nitrogens with zero attached hydrogens (tertiary/aromatic N) is 1. The highest BCUT2D eigenvalue weighted by Crippen LogP contribution is 2.15. The summed E-state index contributed by atoms with van der Waals surface area (Å²) in [6.45, 7) is 13.4. The topological polar surface area (TPSA) is 82.1 Å². The maximum absolute atomic E-state index is 9.60. The molecule has 1 heterocycles. The van der Waals surface area contributed by atoms with Crippen LogP contribution in [0.5, 0.6) is 0 Å². The van der Waals surface area contributed by atoms with Crippen LogP contribution in [-0.2, 0) is 24.4 Å². The summed E-state index contributed by atoms with van der Waals surface area (Å²) in [6, 6.07) is 0. The second kappa shape index (κ2) is 17.6. The summed E-state index contributed by atoms with van der Waals surface area (Å²) < 4.78 is 37.2. The van der Waals surface area contributed by atoms with Crippen molar-refractivity contribution in [1.82, 2.24) is 0 Å². The van der Waals surface area contributed by atoms with E-state index in [0.717, 1.165) is 13.2 Å². The molecule has 0 aliphatic carbocycles. The van der Waals surface area contributed by atoms with Crippen LogP contribution in [0.4, 0.5) is 0 Å². The highest BCUT2D eigenvalue weighted by Gasteiger charge is 2.27. The van der Waals surface area contributed by atoms with Gasteiger partial charge in [0.1, 0.15) is 13.1 Å². The fourth-order valence-electron chi connectivity index (χ4n) is 3.47. The van der Waals surface area contributed by atoms with E-state index in [1.54, 1.807) is 0 Å². The molecule has 0 aromatic carbocycles. The quantitative estimate of drug-likeness (QED) is 0.136. The number of hydrogen-bond donors (Lipinski definition) is 1. The van der Waals surface area contributed by atoms with E-state index in [1.165, 1.54) is 102 Å². The fraction of sp³-hybridized carbons (Fsp3) is 1.00. The summed E-state index contributed by atoms with van der Waals surface area (Å²) in [5.74, 6) is 0. The maximum atomic E-state index is 9.60. The van der Waals surface area contributed by atoms with Crippen LogP contribution >= 0.6 is 0 Å². The largest absolute Gasteiger partial charge is 0.424 e. The highest BCUT2D eigenvalue weighted by atomic mass is 32.3. The molecular weight excluding hydrogens is 382 g/mol. The van der Waals surface area contributed by atoms with Crippen LogP contribution in [-0.4, -0.2) is 63.5 Å². The lowest BCUT2D eigenvalue weighted by molar-refractivity contribution is -0.933. The van der Waals surface area contributed by atoms with Gasteiger partial charge in [0.15, 0.2) is 0 Å². The van der Waals surface area contributed by atoms with Crippen LogP contribution in [0.3, 0.4) is 0 Å². The molecular formula is C20H44NO6S+. The maximum Gasteiger partial charge on any atom is 0.424 e. The molecule has 0 saturated carbocycles. The van der Waals surface area contributed by atoms with Crippen molar-refractivity contribution in [2.45, 2.75) is 85.0 Å². The van der Waals surface area contributed by atoms with Gasteiger partial charge in [-0.05, 0) is 26.7 Å². The summed E-state index contributed by atoms with van der Waals surface area (Å²) in [6.07, 6.45) is 14.4. The minimum absolute atomic E-state index is 0.0692. The minimum Gasteiger partial charge on any atom is -0.370 e. The minimum atomic E-state index is -4.41. The molecule has 0 aromatic rings. The van der Waals surface area contributed by atoms with Crippen LogP contribution in [0.15, 0.2) is 0 Å². The Morgan fingerprint density at radius 3 is 1.75 bits per heavy atom. The average Bonchev–Trinajstić information content (AvgIpc) is 2.68. The first kappa shape index (κ1) is 27.8. The van der Waals surface area contributed by atoms with Gasteiger partial charge in [0, 0.05) is 0 Å². The Labute approximate surface area is 173 Å². The first-order valence-electron chi connectivity index (χ1n) is 11.1. The summed E-state index contributed by atoms with van der Waals surface area (Å²) in [7, 11) is -4.41. The van der Waals surface area contributed by atoms with Crippen LogP contribution in [0, 0.1) is 0 Å². The van der Waals surface area contributed by atoms with Crippen LogP contribution in [0.1, 0.15) is 85.0 Å². The number of hydrogen-bond acceptors (Lipinski definition) is 5. The van der Waals surface area contributed by atoms with E-state index in [0.29, 0.717) is 0 Å². The molecule has 1 aliphatic rings. The third-order valence-corrected chi connectivity index (χ3v) is 5.60. The van der Waals surface area contributed by atoms with E-state index in [2.05, 4.69) is 23.1 Å². The molecule has 0 radical (unpaired) electrons. The van der Waals surface area contributed by atoms with Crippen LogP contribution in [0.2, 0.25) is 0 Å². The first-order chi connectivity index (χ1) is 13.4. The summed E-state index contributed by atoms with van der Waals surface area (Å²) >= 11 is 0. The number of unbranched alkanes of at least 4 members (excludes halogenated alkanes) is 9. The van der Waals surface area contributed by atoms with E-state index in [-0.39, 0.29) is 6.61 Å². The van der Waals surface area contributed by atoms with Crippen molar-refractivity contribution in [2.75, 3.05) is 46.0 Å². The molecule has 0 unspecified atom stereocenters. The predicted molar refractivity (Wildman–Crippen MR) is 112 cm³/mol. The molecule has 0 aromatic heterocycles. The van der Waals surface area contributed by atoms with Gasteiger partial charge in [0.25, 0.3) is 0 Å². The molecule has 1 fully saturated rings. The van der Waals surface area contributed by atoms with Crippen molar-refractivity contribution < 1.29 is 31.4 Å². The molecule has 170 valence electrons. The average molecular weight is 427 g/mol. The predicted octanol–water partition coefficient (Wildman–Crippen LogP) is 4.53. The summed E-state index contributed by atoms with van der Waals surface area (Å²) in [5.41, 5.74) is 0. The fourth-order valence-corrected chi connectivity index (χ4v) is 3.69. The first-order valence-corrected chi connectivity index (χ1v) is 12.5. The third-order valence-electron chi connectivity index (χ3n) is 5.33. The van der Waals surface area contributed by atoms with E-state index < -0.39 is 10.4 Å². The molecule has 0 amide bonds. The number of ether oxygens (including phenoxy) is 1. The Morgan fingerprint density at radius 2 is 1.36 bits per heavy atom. The smallest absolute Gasteiger partial charge is 0.370 e. The SMILES string of the molecule is CCCCCCCCCCCC[N+]1(CC)CCOCC1.CCOOS(=O)(=O)O. The molecule has 1 saturated heterocycles. The van der Waals surface area contributed by atoms with E-state index in [9.17, 15) is 8.42 Å². The number of morpholine rings is 1. The van der Waals surface area contributed by atoms with Gasteiger partial charge in [-0.2, -0.15) is 8.42 Å². The van der Waals surface area contributed by atoms with Gasteiger partial charge < -0.3 is 9.22 Å². The molecule has 0 bridgehead atoms. The molecule has 1 rings (SSSR count). The van der Waals surface area contributed by atoms with Gasteiger partial charge in [-0.15, -0.1) is 0 Å². The molecule has 28 heavy (non-hydrogen) atoms. The van der Waals surface area contributed by atoms with Gasteiger partial charge in [-0.3, -0.25) is 4.55 Å². The Morgan fingerprint density at radius 1 is 0.857 bits per heavy atom. The van der Waals surface area contributed by atoms with Crippen molar-refractivity contribution >= 4 is 10.4 Å². The Bertz CT molecular complexity index is 438. The Balaban J connectivity index is 0.000000769. The third kappa shape index (κ3) is 16.7. The van der Waals surface area contributed by atoms with Gasteiger partial charge in [-0.1, -0.05) is 62.6 Å². The lowest BCUT2D eigenvalue weighted by Crippen LogP contribution is -2.55. The molecule has 1 N–H and O–H groups in total. The van der Waals surface area contributed by atoms with Gasteiger partial charge >= 0.3 is 10.4 Å². The zero-order valence-corrected chi connectivity index (χ0v) is 19.2. The Hall–Kier alpha value is -0.250. The van der Waals surface area contributed by atoms with Crippen molar-refractivity contribution in [3.8, 4) is 0 Å². The van der Waals surface area contributed by atoms with E-state index in [4.69, 9.17) is 9.29 Å². The van der Waals surface area contributed by atoms with Crippen molar-refractivity contribution in [1.29, 1.82) is 0 Å². The second-order valence-corrected chi connectivity index (χ2v) is 8.52. The normalized spacial score (nSPS) is 16.4. The van der Waals surface area contributed by atoms with Crippen molar-refractivity contribution in [2.24, 2.45) is 0 Å². The molecule has 1 aliphatic heterocycles. The van der Waals surface area contributed by atoms with E-state index in [1.807, 2.05) is 0 Å². The van der Waals surface area contributed by atoms with Gasteiger partial charge in [0.05, 0.1) is 32.9 Å². The number of likely N-dealkylation sites (N-methyl/N-ethyl adjacent to an activating group) is 1. The standard InChI is InChI=1S/C18H38NO.C2H6O5S/c1-3-5-6-7-8-9-10-11-12-13-14-19(4-2)15-17-20-18-16-19;1-2-6-7-8(3,4)5/h3-18H2,1-2H3;2H2,1H3,(H,3,4,5)/q+1;. The van der Waals surface area contributed by atoms with Crippen molar-refractivity contribution in [3.63, 3.8) is 0 Å². The molecule has 8 heteroatoms. The zero-order valence-electron chi connectivity index (χ0n) is 18.4. The van der Waals surface area contributed by atoms with Gasteiger partial charge in [0.2, 0.25) is 0 Å². The number of quaternary nitrogens is 1. The highest BCUT2D eigenvalue weighted by molar-refractivity contribution is 7.80. The monoisotopic (exact) mass is 426 g/mol. The summed E-state index contributed by atoms with van der Waals surface area (Å²) in [5, 5.41) is 0.